The summed E-state index contributed by atoms with van der Waals surface area (Å²) in [6.07, 6.45) is 4.99. The second-order valence-electron chi connectivity index (χ2n) is 8.09. The molecule has 9 nitrogen and oxygen atoms in total. The number of carbonyl (C=O) groups excluding carboxylic acids is 2. The van der Waals surface area contributed by atoms with E-state index in [1.807, 2.05) is 49.9 Å². The van der Waals surface area contributed by atoms with Gasteiger partial charge < -0.3 is 24.5 Å². The van der Waals surface area contributed by atoms with Crippen LogP contribution >= 0.6 is 0 Å². The molecule has 0 bridgehead atoms. The summed E-state index contributed by atoms with van der Waals surface area (Å²) < 4.78 is 13.5. The van der Waals surface area contributed by atoms with E-state index in [-0.39, 0.29) is 6.10 Å². The second-order valence-corrected chi connectivity index (χ2v) is 8.09. The molecule has 0 saturated carbocycles. The van der Waals surface area contributed by atoms with Crippen molar-refractivity contribution in [2.24, 2.45) is 0 Å². The molecule has 4 aromatic rings. The SMILES string of the molecule is CNC.Cc1cn2nccc(Oc3ccc4c(C=O)c(C)oc4c3)c2c1C.O=CN1CC(O)C1. The second kappa shape index (κ2) is 11.0. The number of nitrogens with zero attached hydrogens (tertiary/aromatic N) is 3. The van der Waals surface area contributed by atoms with Gasteiger partial charge in [0.25, 0.3) is 0 Å². The van der Waals surface area contributed by atoms with Crippen LogP contribution in [-0.4, -0.2) is 65.6 Å². The van der Waals surface area contributed by atoms with Crippen LogP contribution in [0.25, 0.3) is 16.5 Å². The first-order chi connectivity index (χ1) is 16.3. The average Bonchev–Trinajstić information content (AvgIpc) is 3.27. The molecule has 1 amide bonds. The lowest BCUT2D eigenvalue weighted by atomic mass is 10.1. The summed E-state index contributed by atoms with van der Waals surface area (Å²) in [6, 6.07) is 7.33. The molecule has 9 heteroatoms. The first-order valence-electron chi connectivity index (χ1n) is 10.9. The minimum absolute atomic E-state index is 0.259. The lowest BCUT2D eigenvalue weighted by Gasteiger charge is -2.31. The first-order valence-corrected chi connectivity index (χ1v) is 10.9. The number of β-amino-alcohol motifs (C(OH)–C–C–N with tert-alkyl or cyclic N) is 1. The van der Waals surface area contributed by atoms with Gasteiger partial charge in [-0.2, -0.15) is 5.10 Å². The number of aryl methyl sites for hydroxylation is 3. The summed E-state index contributed by atoms with van der Waals surface area (Å²) in [4.78, 5) is 22.4. The van der Waals surface area contributed by atoms with E-state index in [0.29, 0.717) is 35.7 Å². The maximum absolute atomic E-state index is 11.2. The first kappa shape index (κ1) is 24.9. The van der Waals surface area contributed by atoms with E-state index in [2.05, 4.69) is 17.3 Å². The van der Waals surface area contributed by atoms with Crippen molar-refractivity contribution in [2.75, 3.05) is 27.2 Å². The fourth-order valence-corrected chi connectivity index (χ4v) is 3.56. The van der Waals surface area contributed by atoms with E-state index in [1.165, 1.54) is 4.90 Å². The Labute approximate surface area is 197 Å². The van der Waals surface area contributed by atoms with Gasteiger partial charge in [-0.3, -0.25) is 9.59 Å². The molecule has 2 N–H and O–H groups in total. The maximum Gasteiger partial charge on any atom is 0.209 e. The number of hydrogen-bond acceptors (Lipinski definition) is 7. The Hall–Kier alpha value is -3.69. The zero-order valence-corrected chi connectivity index (χ0v) is 20.0. The zero-order chi connectivity index (χ0) is 24.8. The van der Waals surface area contributed by atoms with Crippen molar-refractivity contribution in [2.45, 2.75) is 26.9 Å². The Balaban J connectivity index is 0.000000272. The molecule has 0 radical (unpaired) electrons. The van der Waals surface area contributed by atoms with E-state index in [0.717, 1.165) is 40.5 Å². The van der Waals surface area contributed by atoms with Crippen LogP contribution in [0.1, 0.15) is 27.2 Å². The molecule has 0 aliphatic carbocycles. The summed E-state index contributed by atoms with van der Waals surface area (Å²) in [5, 5.41) is 16.4. The molecule has 1 fully saturated rings. The van der Waals surface area contributed by atoms with Crippen LogP contribution in [0.15, 0.2) is 41.1 Å². The minimum Gasteiger partial charge on any atom is -0.460 e. The third-order valence-electron chi connectivity index (χ3n) is 5.41. The van der Waals surface area contributed by atoms with Gasteiger partial charge in [0, 0.05) is 36.8 Å². The summed E-state index contributed by atoms with van der Waals surface area (Å²) in [6.45, 7) is 6.91. The Morgan fingerprint density at radius 2 is 1.88 bits per heavy atom. The smallest absolute Gasteiger partial charge is 0.209 e. The molecular formula is C25H30N4O5. The van der Waals surface area contributed by atoms with Gasteiger partial charge in [-0.05, 0) is 58.1 Å². The summed E-state index contributed by atoms with van der Waals surface area (Å²) in [7, 11) is 3.75. The van der Waals surface area contributed by atoms with Crippen molar-refractivity contribution in [3.8, 4) is 11.5 Å². The molecule has 0 unspecified atom stereocenters. The Bertz CT molecular complexity index is 1290. The number of likely N-dealkylation sites (tertiary alicyclic amines) is 1. The number of aldehydes is 1. The number of hydrogen-bond donors (Lipinski definition) is 2. The lowest BCUT2D eigenvalue weighted by Crippen LogP contribution is -2.49. The number of furan rings is 1. The fourth-order valence-electron chi connectivity index (χ4n) is 3.56. The van der Waals surface area contributed by atoms with Gasteiger partial charge >= 0.3 is 0 Å². The number of benzene rings is 1. The molecule has 1 saturated heterocycles. The van der Waals surface area contributed by atoms with E-state index in [4.69, 9.17) is 14.3 Å². The van der Waals surface area contributed by atoms with E-state index in [1.54, 1.807) is 19.2 Å². The van der Waals surface area contributed by atoms with Crippen molar-refractivity contribution >= 4 is 29.2 Å². The predicted octanol–water partition coefficient (Wildman–Crippen LogP) is 3.27. The van der Waals surface area contributed by atoms with E-state index < -0.39 is 0 Å². The molecule has 0 atom stereocenters. The van der Waals surface area contributed by atoms with Gasteiger partial charge in [0.1, 0.15) is 22.6 Å². The Kier molecular flexibility index (Phi) is 8.04. The molecule has 1 aromatic carbocycles. The highest BCUT2D eigenvalue weighted by molar-refractivity contribution is 5.97. The normalized spacial score (nSPS) is 12.9. The molecule has 1 aliphatic heterocycles. The number of nitrogens with one attached hydrogen (secondary N) is 1. The van der Waals surface area contributed by atoms with Gasteiger partial charge in [-0.1, -0.05) is 0 Å². The van der Waals surface area contributed by atoms with Crippen LogP contribution in [0, 0.1) is 20.8 Å². The molecule has 180 valence electrons. The third-order valence-corrected chi connectivity index (χ3v) is 5.41. The predicted molar refractivity (Wildman–Crippen MR) is 130 cm³/mol. The van der Waals surface area contributed by atoms with Gasteiger partial charge in [0.15, 0.2) is 12.0 Å². The standard InChI is InChI=1S/C19H16N2O3.C4H7NO2.C2H7N/c1-11-9-21-19(12(11)2)17(6-7-20-21)24-14-4-5-15-16(10-22)13(3)23-18(15)8-14;6-3-5-1-4(7)2-5;1-3-2/h4-10H,1-3H3;3-4,7H,1-2H2;3H,1-2H3. The zero-order valence-electron chi connectivity index (χ0n) is 20.0. The largest absolute Gasteiger partial charge is 0.460 e. The van der Waals surface area contributed by atoms with Crippen molar-refractivity contribution in [3.05, 3.63) is 59.1 Å². The average molecular weight is 467 g/mol. The highest BCUT2D eigenvalue weighted by Gasteiger charge is 2.21. The van der Waals surface area contributed by atoms with Crippen LogP contribution in [0.5, 0.6) is 11.5 Å². The molecule has 0 spiro atoms. The lowest BCUT2D eigenvalue weighted by molar-refractivity contribution is -0.127. The van der Waals surface area contributed by atoms with Crippen LogP contribution in [0.4, 0.5) is 0 Å². The summed E-state index contributed by atoms with van der Waals surface area (Å²) in [5.41, 5.74) is 4.46. The number of aliphatic hydroxyl groups is 1. The van der Waals surface area contributed by atoms with Crippen LogP contribution in [-0.2, 0) is 4.79 Å². The van der Waals surface area contributed by atoms with Crippen molar-refractivity contribution in [1.29, 1.82) is 0 Å². The number of amides is 1. The monoisotopic (exact) mass is 466 g/mol. The van der Waals surface area contributed by atoms with Crippen molar-refractivity contribution in [1.82, 2.24) is 19.8 Å². The number of fused-ring (bicyclic) bond motifs is 2. The topological polar surface area (TPSA) is 109 Å². The van der Waals surface area contributed by atoms with Gasteiger partial charge in [-0.15, -0.1) is 0 Å². The number of ether oxygens (including phenoxy) is 1. The van der Waals surface area contributed by atoms with E-state index in [9.17, 15) is 9.59 Å². The number of rotatable bonds is 4. The van der Waals surface area contributed by atoms with Crippen molar-refractivity contribution in [3.63, 3.8) is 0 Å². The molecule has 4 heterocycles. The van der Waals surface area contributed by atoms with Gasteiger partial charge in [-0.25, -0.2) is 4.52 Å². The quantitative estimate of drug-likeness (QED) is 0.444. The third kappa shape index (κ3) is 5.27. The summed E-state index contributed by atoms with van der Waals surface area (Å²) in [5.74, 6) is 2.00. The number of carbonyl (C=O) groups is 2. The van der Waals surface area contributed by atoms with Gasteiger partial charge in [0.2, 0.25) is 6.41 Å². The minimum atomic E-state index is -0.259. The maximum atomic E-state index is 11.2. The van der Waals surface area contributed by atoms with Crippen LogP contribution < -0.4 is 10.1 Å². The molecule has 1 aliphatic rings. The highest BCUT2D eigenvalue weighted by atomic mass is 16.5. The fraction of sp³-hybridized carbons (Fsp3) is 0.320. The van der Waals surface area contributed by atoms with Gasteiger partial charge in [0.05, 0.1) is 17.9 Å². The molecule has 34 heavy (non-hydrogen) atoms. The van der Waals surface area contributed by atoms with Crippen molar-refractivity contribution < 1.29 is 23.8 Å². The van der Waals surface area contributed by atoms with Crippen LogP contribution in [0.2, 0.25) is 0 Å². The Morgan fingerprint density at radius 3 is 2.47 bits per heavy atom. The molecule has 5 rings (SSSR count). The molecular weight excluding hydrogens is 436 g/mol. The Morgan fingerprint density at radius 1 is 1.18 bits per heavy atom. The highest BCUT2D eigenvalue weighted by Crippen LogP contribution is 2.33. The van der Waals surface area contributed by atoms with E-state index >= 15 is 0 Å². The number of aliphatic hydroxyl groups excluding tert-OH is 1. The summed E-state index contributed by atoms with van der Waals surface area (Å²) >= 11 is 0. The molecule has 3 aromatic heterocycles. The van der Waals surface area contributed by atoms with Crippen LogP contribution in [0.3, 0.4) is 0 Å². The number of aromatic nitrogens is 2.